The van der Waals surface area contributed by atoms with Crippen LogP contribution in [0.4, 0.5) is 0 Å². The first-order valence-electron chi connectivity index (χ1n) is 7.60. The Hall–Kier alpha value is -1.42. The average molecular weight is 285 g/mol. The molecule has 0 aliphatic carbocycles. The van der Waals surface area contributed by atoms with Crippen molar-refractivity contribution in [3.05, 3.63) is 48.0 Å². The summed E-state index contributed by atoms with van der Waals surface area (Å²) in [6.45, 7) is 3.18. The van der Waals surface area contributed by atoms with Gasteiger partial charge in [0.25, 0.3) is 0 Å². The molecular weight excluding hydrogens is 258 g/mol. The zero-order valence-corrected chi connectivity index (χ0v) is 13.6. The van der Waals surface area contributed by atoms with Gasteiger partial charge in [-0.25, -0.2) is 0 Å². The van der Waals surface area contributed by atoms with Crippen LogP contribution in [0.3, 0.4) is 0 Å². The Labute approximate surface area is 128 Å². The van der Waals surface area contributed by atoms with Crippen LogP contribution >= 0.6 is 0 Å². The minimum atomic E-state index is 0.350. The Morgan fingerprint density at radius 3 is 2.38 bits per heavy atom. The third kappa shape index (κ3) is 4.27. The van der Waals surface area contributed by atoms with Crippen molar-refractivity contribution in [3.8, 4) is 0 Å². The summed E-state index contributed by atoms with van der Waals surface area (Å²) in [6, 6.07) is 15.5. The van der Waals surface area contributed by atoms with E-state index >= 15 is 0 Å². The first kappa shape index (κ1) is 16.0. The van der Waals surface area contributed by atoms with E-state index in [9.17, 15) is 0 Å². The van der Waals surface area contributed by atoms with Crippen molar-refractivity contribution in [3.63, 3.8) is 0 Å². The van der Waals surface area contributed by atoms with Crippen LogP contribution in [0.15, 0.2) is 42.5 Å². The number of fused-ring (bicyclic) bond motifs is 1. The zero-order chi connectivity index (χ0) is 15.2. The Morgan fingerprint density at radius 2 is 1.67 bits per heavy atom. The zero-order valence-electron chi connectivity index (χ0n) is 13.6. The van der Waals surface area contributed by atoms with E-state index in [1.54, 1.807) is 0 Å². The molecule has 114 valence electrons. The third-order valence-electron chi connectivity index (χ3n) is 3.97. The van der Waals surface area contributed by atoms with Gasteiger partial charge in [0.15, 0.2) is 0 Å². The molecule has 0 radical (unpaired) electrons. The van der Waals surface area contributed by atoms with Gasteiger partial charge in [0.2, 0.25) is 0 Å². The summed E-state index contributed by atoms with van der Waals surface area (Å²) < 4.78 is 0. The van der Waals surface area contributed by atoms with E-state index in [0.717, 1.165) is 19.6 Å². The molecule has 0 spiro atoms. The number of rotatable bonds is 7. The topological polar surface area (TPSA) is 18.5 Å². The molecule has 0 aromatic heterocycles. The van der Waals surface area contributed by atoms with Crippen molar-refractivity contribution >= 4 is 10.8 Å². The molecule has 1 N–H and O–H groups in total. The van der Waals surface area contributed by atoms with E-state index in [1.165, 1.54) is 16.3 Å². The van der Waals surface area contributed by atoms with Crippen LogP contribution in [-0.2, 0) is 0 Å². The second kappa shape index (κ2) is 7.55. The second-order valence-corrected chi connectivity index (χ2v) is 5.98. The SMILES string of the molecule is CNC(CN(C)CCN(C)C)c1cccc2ccccc12. The maximum Gasteiger partial charge on any atom is 0.0452 e. The van der Waals surface area contributed by atoms with Gasteiger partial charge in [0.1, 0.15) is 0 Å². The molecular formula is C18H27N3. The Morgan fingerprint density at radius 1 is 0.952 bits per heavy atom. The fourth-order valence-electron chi connectivity index (χ4n) is 2.67. The molecule has 0 bridgehead atoms. The summed E-state index contributed by atoms with van der Waals surface area (Å²) in [5, 5.41) is 6.13. The number of nitrogens with zero attached hydrogens (tertiary/aromatic N) is 2. The molecule has 2 aromatic carbocycles. The molecule has 2 rings (SSSR count). The highest BCUT2D eigenvalue weighted by Crippen LogP contribution is 2.24. The highest BCUT2D eigenvalue weighted by Gasteiger charge is 2.14. The summed E-state index contributed by atoms with van der Waals surface area (Å²) in [7, 11) is 8.48. The molecule has 21 heavy (non-hydrogen) atoms. The predicted molar refractivity (Wildman–Crippen MR) is 91.8 cm³/mol. The molecule has 0 saturated carbocycles. The second-order valence-electron chi connectivity index (χ2n) is 5.98. The normalized spacial score (nSPS) is 13.2. The number of likely N-dealkylation sites (N-methyl/N-ethyl adjacent to an activating group) is 3. The third-order valence-corrected chi connectivity index (χ3v) is 3.97. The largest absolute Gasteiger partial charge is 0.312 e. The molecule has 1 atom stereocenters. The smallest absolute Gasteiger partial charge is 0.0452 e. The Balaban J connectivity index is 2.16. The van der Waals surface area contributed by atoms with Gasteiger partial charge in [-0.15, -0.1) is 0 Å². The monoisotopic (exact) mass is 285 g/mol. The number of benzene rings is 2. The van der Waals surface area contributed by atoms with Gasteiger partial charge in [-0.05, 0) is 44.5 Å². The number of nitrogens with one attached hydrogen (secondary N) is 1. The fourth-order valence-corrected chi connectivity index (χ4v) is 2.67. The number of hydrogen-bond acceptors (Lipinski definition) is 3. The summed E-state index contributed by atoms with van der Waals surface area (Å²) >= 11 is 0. The molecule has 1 unspecified atom stereocenters. The van der Waals surface area contributed by atoms with Crippen LogP contribution in [0.5, 0.6) is 0 Å². The van der Waals surface area contributed by atoms with E-state index in [0.29, 0.717) is 6.04 Å². The van der Waals surface area contributed by atoms with Crippen molar-refractivity contribution in [2.24, 2.45) is 0 Å². The molecule has 3 heteroatoms. The van der Waals surface area contributed by atoms with Crippen LogP contribution in [0.1, 0.15) is 11.6 Å². The van der Waals surface area contributed by atoms with Crippen LogP contribution in [0.25, 0.3) is 10.8 Å². The van der Waals surface area contributed by atoms with Crippen molar-refractivity contribution in [1.82, 2.24) is 15.1 Å². The van der Waals surface area contributed by atoms with Gasteiger partial charge in [0, 0.05) is 25.7 Å². The van der Waals surface area contributed by atoms with Gasteiger partial charge in [-0.1, -0.05) is 42.5 Å². The minimum Gasteiger partial charge on any atom is -0.312 e. The quantitative estimate of drug-likeness (QED) is 0.843. The van der Waals surface area contributed by atoms with E-state index in [4.69, 9.17) is 0 Å². The van der Waals surface area contributed by atoms with Crippen molar-refractivity contribution in [1.29, 1.82) is 0 Å². The summed E-state index contributed by atoms with van der Waals surface area (Å²) in [5.74, 6) is 0. The number of hydrogen-bond donors (Lipinski definition) is 1. The average Bonchev–Trinajstić information content (AvgIpc) is 2.50. The van der Waals surface area contributed by atoms with Gasteiger partial charge < -0.3 is 15.1 Å². The van der Waals surface area contributed by atoms with Crippen LogP contribution in [0, 0.1) is 0 Å². The highest BCUT2D eigenvalue weighted by atomic mass is 15.2. The predicted octanol–water partition coefficient (Wildman–Crippen LogP) is 2.59. The molecule has 0 saturated heterocycles. The highest BCUT2D eigenvalue weighted by molar-refractivity contribution is 5.86. The van der Waals surface area contributed by atoms with Crippen molar-refractivity contribution < 1.29 is 0 Å². The van der Waals surface area contributed by atoms with Crippen molar-refractivity contribution in [2.45, 2.75) is 6.04 Å². The molecule has 0 aliphatic rings. The Kier molecular flexibility index (Phi) is 5.74. The van der Waals surface area contributed by atoms with Crippen molar-refractivity contribution in [2.75, 3.05) is 47.8 Å². The van der Waals surface area contributed by atoms with Gasteiger partial charge in [0.05, 0.1) is 0 Å². The van der Waals surface area contributed by atoms with E-state index in [-0.39, 0.29) is 0 Å². The van der Waals surface area contributed by atoms with E-state index in [1.807, 2.05) is 7.05 Å². The van der Waals surface area contributed by atoms with Crippen LogP contribution in [-0.4, -0.2) is 57.6 Å². The van der Waals surface area contributed by atoms with Gasteiger partial charge in [-0.3, -0.25) is 0 Å². The molecule has 0 aliphatic heterocycles. The maximum absolute atomic E-state index is 3.47. The van der Waals surface area contributed by atoms with Gasteiger partial charge >= 0.3 is 0 Å². The van der Waals surface area contributed by atoms with Gasteiger partial charge in [-0.2, -0.15) is 0 Å². The first-order chi connectivity index (χ1) is 10.1. The maximum atomic E-state index is 3.47. The summed E-state index contributed by atoms with van der Waals surface area (Å²) in [4.78, 5) is 4.62. The fraction of sp³-hybridized carbons (Fsp3) is 0.444. The lowest BCUT2D eigenvalue weighted by molar-refractivity contribution is 0.260. The first-order valence-corrected chi connectivity index (χ1v) is 7.60. The standard InChI is InChI=1S/C18H27N3/c1-19-18(14-21(4)13-12-20(2)3)17-11-7-9-15-8-5-6-10-16(15)17/h5-11,18-19H,12-14H2,1-4H3. The molecule has 2 aromatic rings. The minimum absolute atomic E-state index is 0.350. The molecule has 3 nitrogen and oxygen atoms in total. The lowest BCUT2D eigenvalue weighted by Gasteiger charge is -2.26. The molecule has 0 amide bonds. The van der Waals surface area contributed by atoms with E-state index in [2.05, 4.69) is 78.7 Å². The Bertz CT molecular complexity index is 560. The van der Waals surface area contributed by atoms with Crippen LogP contribution < -0.4 is 5.32 Å². The lowest BCUT2D eigenvalue weighted by Crippen LogP contribution is -2.35. The summed E-state index contributed by atoms with van der Waals surface area (Å²) in [5.41, 5.74) is 1.38. The summed E-state index contributed by atoms with van der Waals surface area (Å²) in [6.07, 6.45) is 0. The lowest BCUT2D eigenvalue weighted by atomic mass is 9.98. The molecule has 0 heterocycles. The van der Waals surface area contributed by atoms with Crippen LogP contribution in [0.2, 0.25) is 0 Å². The molecule has 0 fully saturated rings. The van der Waals surface area contributed by atoms with E-state index < -0.39 is 0 Å².